The van der Waals surface area contributed by atoms with E-state index in [0.717, 1.165) is 6.42 Å². The number of carbonyl (C=O) groups is 2. The Balaban J connectivity index is 1.88. The fourth-order valence-electron chi connectivity index (χ4n) is 2.20. The molecular weight excluding hydrogens is 337 g/mol. The van der Waals surface area contributed by atoms with Crippen LogP contribution >= 0.6 is 0 Å². The topological polar surface area (TPSA) is 79.5 Å². The van der Waals surface area contributed by atoms with Gasteiger partial charge in [0, 0.05) is 36.7 Å². The highest BCUT2D eigenvalue weighted by Crippen LogP contribution is 2.14. The number of rotatable bonds is 8. The number of carbonyl (C=O) groups excluding carboxylic acids is 2. The van der Waals surface area contributed by atoms with Gasteiger partial charge in [0.15, 0.2) is 0 Å². The van der Waals surface area contributed by atoms with Crippen molar-refractivity contribution < 1.29 is 18.7 Å². The second-order valence-electron chi connectivity index (χ2n) is 5.48. The third-order valence-corrected chi connectivity index (χ3v) is 3.42. The largest absolute Gasteiger partial charge is 0.382 e. The maximum Gasteiger partial charge on any atom is 0.319 e. The van der Waals surface area contributed by atoms with Gasteiger partial charge in [-0.3, -0.25) is 4.79 Å². The van der Waals surface area contributed by atoms with E-state index < -0.39 is 11.7 Å². The molecule has 3 amide bonds. The first-order valence-electron chi connectivity index (χ1n) is 8.38. The average molecular weight is 359 g/mol. The van der Waals surface area contributed by atoms with E-state index in [-0.39, 0.29) is 6.03 Å². The second kappa shape index (κ2) is 10.1. The van der Waals surface area contributed by atoms with E-state index in [1.165, 1.54) is 18.2 Å². The molecule has 0 fully saturated rings. The number of nitrogens with one attached hydrogen (secondary N) is 3. The van der Waals surface area contributed by atoms with Crippen molar-refractivity contribution in [2.75, 3.05) is 30.4 Å². The van der Waals surface area contributed by atoms with Gasteiger partial charge in [0.05, 0.1) is 0 Å². The Morgan fingerprint density at radius 2 is 1.77 bits per heavy atom. The number of hydrogen-bond acceptors (Lipinski definition) is 3. The Hall–Kier alpha value is -2.93. The Kier molecular flexibility index (Phi) is 7.57. The number of benzene rings is 2. The first-order valence-corrected chi connectivity index (χ1v) is 8.38. The SMILES string of the molecule is CCOCCCNC(=O)Nc1cccc(C(=O)Nc2cccc(F)c2)c1. The van der Waals surface area contributed by atoms with Crippen molar-refractivity contribution in [2.24, 2.45) is 0 Å². The monoisotopic (exact) mass is 359 g/mol. The summed E-state index contributed by atoms with van der Waals surface area (Å²) in [4.78, 5) is 24.1. The molecule has 0 atom stereocenters. The molecule has 7 heteroatoms. The molecule has 26 heavy (non-hydrogen) atoms. The molecule has 0 aliphatic rings. The smallest absolute Gasteiger partial charge is 0.319 e. The molecule has 2 rings (SSSR count). The van der Waals surface area contributed by atoms with Crippen LogP contribution in [0.25, 0.3) is 0 Å². The summed E-state index contributed by atoms with van der Waals surface area (Å²) in [5, 5.41) is 7.99. The number of hydrogen-bond donors (Lipinski definition) is 3. The van der Waals surface area contributed by atoms with E-state index in [2.05, 4.69) is 16.0 Å². The van der Waals surface area contributed by atoms with Gasteiger partial charge in [-0.05, 0) is 49.7 Å². The third kappa shape index (κ3) is 6.52. The van der Waals surface area contributed by atoms with Crippen molar-refractivity contribution >= 4 is 23.3 Å². The molecule has 0 saturated carbocycles. The van der Waals surface area contributed by atoms with Gasteiger partial charge >= 0.3 is 6.03 Å². The predicted octanol–water partition coefficient (Wildman–Crippen LogP) is 3.63. The molecule has 0 aliphatic heterocycles. The number of anilines is 2. The second-order valence-corrected chi connectivity index (χ2v) is 5.48. The molecule has 0 aliphatic carbocycles. The zero-order valence-corrected chi connectivity index (χ0v) is 14.5. The van der Waals surface area contributed by atoms with Crippen LogP contribution in [0.5, 0.6) is 0 Å². The Morgan fingerprint density at radius 1 is 1.04 bits per heavy atom. The van der Waals surface area contributed by atoms with Crippen molar-refractivity contribution in [3.63, 3.8) is 0 Å². The summed E-state index contributed by atoms with van der Waals surface area (Å²) in [6.45, 7) is 3.65. The van der Waals surface area contributed by atoms with E-state index in [9.17, 15) is 14.0 Å². The molecule has 0 spiro atoms. The molecular formula is C19H22FN3O3. The van der Waals surface area contributed by atoms with Crippen LogP contribution < -0.4 is 16.0 Å². The van der Waals surface area contributed by atoms with Gasteiger partial charge in [-0.25, -0.2) is 9.18 Å². The molecule has 6 nitrogen and oxygen atoms in total. The summed E-state index contributed by atoms with van der Waals surface area (Å²) in [5.74, 6) is -0.824. The minimum Gasteiger partial charge on any atom is -0.382 e. The van der Waals surface area contributed by atoms with Crippen molar-refractivity contribution in [3.05, 3.63) is 59.9 Å². The van der Waals surface area contributed by atoms with Gasteiger partial charge in [0.2, 0.25) is 0 Å². The van der Waals surface area contributed by atoms with Crippen LogP contribution in [-0.2, 0) is 4.74 Å². The zero-order chi connectivity index (χ0) is 18.8. The predicted molar refractivity (Wildman–Crippen MR) is 98.9 cm³/mol. The molecule has 0 aromatic heterocycles. The number of urea groups is 1. The Bertz CT molecular complexity index is 752. The van der Waals surface area contributed by atoms with Gasteiger partial charge in [-0.1, -0.05) is 12.1 Å². The highest BCUT2D eigenvalue weighted by atomic mass is 19.1. The lowest BCUT2D eigenvalue weighted by Crippen LogP contribution is -2.30. The molecule has 0 bridgehead atoms. The van der Waals surface area contributed by atoms with Gasteiger partial charge in [-0.15, -0.1) is 0 Å². The van der Waals surface area contributed by atoms with E-state index in [0.29, 0.717) is 36.7 Å². The number of ether oxygens (including phenoxy) is 1. The van der Waals surface area contributed by atoms with Gasteiger partial charge in [-0.2, -0.15) is 0 Å². The van der Waals surface area contributed by atoms with Crippen LogP contribution in [0.4, 0.5) is 20.6 Å². The summed E-state index contributed by atoms with van der Waals surface area (Å²) < 4.78 is 18.4. The van der Waals surface area contributed by atoms with Gasteiger partial charge < -0.3 is 20.7 Å². The van der Waals surface area contributed by atoms with E-state index in [4.69, 9.17) is 4.74 Å². The lowest BCUT2D eigenvalue weighted by Gasteiger charge is -2.10. The first-order chi connectivity index (χ1) is 12.6. The van der Waals surface area contributed by atoms with E-state index >= 15 is 0 Å². The van der Waals surface area contributed by atoms with Gasteiger partial charge in [0.1, 0.15) is 5.82 Å². The number of amides is 3. The minimum absolute atomic E-state index is 0.350. The normalized spacial score (nSPS) is 10.2. The zero-order valence-electron chi connectivity index (χ0n) is 14.5. The lowest BCUT2D eigenvalue weighted by molar-refractivity contribution is 0.102. The maximum absolute atomic E-state index is 13.2. The van der Waals surface area contributed by atoms with E-state index in [1.807, 2.05) is 6.92 Å². The molecule has 0 saturated heterocycles. The highest BCUT2D eigenvalue weighted by Gasteiger charge is 2.08. The molecule has 3 N–H and O–H groups in total. The fourth-order valence-corrected chi connectivity index (χ4v) is 2.20. The van der Waals surface area contributed by atoms with Crippen molar-refractivity contribution in [2.45, 2.75) is 13.3 Å². The molecule has 2 aromatic rings. The minimum atomic E-state index is -0.431. The van der Waals surface area contributed by atoms with Crippen molar-refractivity contribution in [3.8, 4) is 0 Å². The summed E-state index contributed by atoms with van der Waals surface area (Å²) in [6, 6.07) is 11.8. The highest BCUT2D eigenvalue weighted by molar-refractivity contribution is 6.05. The van der Waals surface area contributed by atoms with Crippen LogP contribution in [0.15, 0.2) is 48.5 Å². The van der Waals surface area contributed by atoms with Crippen LogP contribution in [0, 0.1) is 5.82 Å². The van der Waals surface area contributed by atoms with Crippen molar-refractivity contribution in [1.29, 1.82) is 0 Å². The van der Waals surface area contributed by atoms with Gasteiger partial charge in [0.25, 0.3) is 5.91 Å². The van der Waals surface area contributed by atoms with Crippen molar-refractivity contribution in [1.82, 2.24) is 5.32 Å². The van der Waals surface area contributed by atoms with Crippen LogP contribution in [0.3, 0.4) is 0 Å². The summed E-state index contributed by atoms with van der Waals surface area (Å²) >= 11 is 0. The average Bonchev–Trinajstić information content (AvgIpc) is 2.62. The Labute approximate surface area is 151 Å². The summed E-state index contributed by atoms with van der Waals surface area (Å²) in [7, 11) is 0. The van der Waals surface area contributed by atoms with Crippen LogP contribution in [0.1, 0.15) is 23.7 Å². The molecule has 138 valence electrons. The standard InChI is InChI=1S/C19H22FN3O3/c1-2-26-11-5-10-21-19(25)23-16-8-3-6-14(12-16)18(24)22-17-9-4-7-15(20)13-17/h3-4,6-9,12-13H,2,5,10-11H2,1H3,(H,22,24)(H2,21,23,25). The number of halogens is 1. The summed E-state index contributed by atoms with van der Waals surface area (Å²) in [5.41, 5.74) is 1.20. The first kappa shape index (κ1) is 19.4. The van der Waals surface area contributed by atoms with Crippen LogP contribution in [0.2, 0.25) is 0 Å². The third-order valence-electron chi connectivity index (χ3n) is 3.42. The Morgan fingerprint density at radius 3 is 2.50 bits per heavy atom. The molecule has 0 unspecified atom stereocenters. The lowest BCUT2D eigenvalue weighted by atomic mass is 10.2. The van der Waals surface area contributed by atoms with E-state index in [1.54, 1.807) is 30.3 Å². The molecule has 0 radical (unpaired) electrons. The maximum atomic E-state index is 13.2. The summed E-state index contributed by atoms with van der Waals surface area (Å²) in [6.07, 6.45) is 0.720. The molecule has 2 aromatic carbocycles. The fraction of sp³-hybridized carbons (Fsp3) is 0.263. The molecule has 0 heterocycles. The van der Waals surface area contributed by atoms with Crippen LogP contribution in [-0.4, -0.2) is 31.7 Å². The quantitative estimate of drug-likeness (QED) is 0.630.